The van der Waals surface area contributed by atoms with Gasteiger partial charge in [-0.1, -0.05) is 6.92 Å². The Morgan fingerprint density at radius 2 is 2.24 bits per heavy atom. The molecule has 1 amide bonds. The van der Waals surface area contributed by atoms with E-state index in [0.29, 0.717) is 12.6 Å². The number of nitrogens with zero attached hydrogens (tertiary/aromatic N) is 3. The highest BCUT2D eigenvalue weighted by Crippen LogP contribution is 2.14. The first-order chi connectivity index (χ1) is 10.1. The highest BCUT2D eigenvalue weighted by molar-refractivity contribution is 5.91. The smallest absolute Gasteiger partial charge is 0.239 e. The van der Waals surface area contributed by atoms with Gasteiger partial charge >= 0.3 is 0 Å². The van der Waals surface area contributed by atoms with E-state index in [9.17, 15) is 4.79 Å². The first kappa shape index (κ1) is 16.0. The van der Waals surface area contributed by atoms with Crippen molar-refractivity contribution in [3.05, 3.63) is 12.3 Å². The van der Waals surface area contributed by atoms with Crippen LogP contribution in [0.25, 0.3) is 0 Å². The number of carbonyl (C=O) groups excluding carboxylic acids is 1. The van der Waals surface area contributed by atoms with Crippen molar-refractivity contribution in [3.8, 4) is 0 Å². The van der Waals surface area contributed by atoms with Crippen molar-refractivity contribution in [2.45, 2.75) is 45.7 Å². The lowest BCUT2D eigenvalue weighted by Crippen LogP contribution is -2.46. The van der Waals surface area contributed by atoms with Gasteiger partial charge in [0.2, 0.25) is 5.91 Å². The first-order valence-corrected chi connectivity index (χ1v) is 7.90. The molecule has 2 heterocycles. The van der Waals surface area contributed by atoms with E-state index in [1.165, 1.54) is 0 Å². The minimum absolute atomic E-state index is 0.0396. The van der Waals surface area contributed by atoms with Crippen LogP contribution in [0.2, 0.25) is 0 Å². The minimum atomic E-state index is 0.0396. The molecule has 1 aromatic heterocycles. The molecular formula is C15H27N5O. The van der Waals surface area contributed by atoms with E-state index in [0.717, 1.165) is 38.3 Å². The third-order valence-electron chi connectivity index (χ3n) is 4.00. The van der Waals surface area contributed by atoms with Crippen LogP contribution < -0.4 is 10.6 Å². The Kier molecular flexibility index (Phi) is 5.76. The van der Waals surface area contributed by atoms with Gasteiger partial charge < -0.3 is 10.6 Å². The number of amides is 1. The molecule has 118 valence electrons. The van der Waals surface area contributed by atoms with Crippen molar-refractivity contribution < 1.29 is 4.79 Å². The van der Waals surface area contributed by atoms with E-state index >= 15 is 0 Å². The molecule has 2 N–H and O–H groups in total. The summed E-state index contributed by atoms with van der Waals surface area (Å²) in [5, 5.41) is 10.6. The Hall–Kier alpha value is -1.40. The number of anilines is 1. The zero-order valence-electron chi connectivity index (χ0n) is 13.3. The van der Waals surface area contributed by atoms with Gasteiger partial charge in [-0.2, -0.15) is 5.10 Å². The van der Waals surface area contributed by atoms with Crippen LogP contribution in [0, 0.1) is 0 Å². The monoisotopic (exact) mass is 293 g/mol. The van der Waals surface area contributed by atoms with E-state index in [-0.39, 0.29) is 11.9 Å². The molecule has 0 spiro atoms. The molecule has 0 aliphatic carbocycles. The fraction of sp³-hybridized carbons (Fsp3) is 0.733. The van der Waals surface area contributed by atoms with Gasteiger partial charge in [-0.25, -0.2) is 4.68 Å². The van der Waals surface area contributed by atoms with Crippen molar-refractivity contribution in [3.63, 3.8) is 0 Å². The molecule has 1 saturated heterocycles. The van der Waals surface area contributed by atoms with Gasteiger partial charge in [0.1, 0.15) is 5.82 Å². The first-order valence-electron chi connectivity index (χ1n) is 7.90. The van der Waals surface area contributed by atoms with Gasteiger partial charge in [0, 0.05) is 18.2 Å². The summed E-state index contributed by atoms with van der Waals surface area (Å²) in [5.41, 5.74) is 0. The van der Waals surface area contributed by atoms with Crippen LogP contribution in [0.5, 0.6) is 0 Å². The quantitative estimate of drug-likeness (QED) is 0.834. The molecule has 0 bridgehead atoms. The standard InChI is InChI=1S/C15H27N5O/c1-4-19(13-5-8-16-9-6-13)11-15(21)18-14-7-10-17-20(14)12(2)3/h7,10,12-13,16H,4-6,8-9,11H2,1-3H3,(H,18,21). The van der Waals surface area contributed by atoms with Crippen LogP contribution in [0.3, 0.4) is 0 Å². The molecule has 21 heavy (non-hydrogen) atoms. The van der Waals surface area contributed by atoms with Gasteiger partial charge in [0.25, 0.3) is 0 Å². The van der Waals surface area contributed by atoms with Crippen molar-refractivity contribution >= 4 is 11.7 Å². The topological polar surface area (TPSA) is 62.2 Å². The fourth-order valence-corrected chi connectivity index (χ4v) is 2.86. The molecule has 1 aliphatic heterocycles. The van der Waals surface area contributed by atoms with Crippen molar-refractivity contribution in [1.82, 2.24) is 20.0 Å². The Balaban J connectivity index is 1.91. The molecule has 0 unspecified atom stereocenters. The number of nitrogens with one attached hydrogen (secondary N) is 2. The number of likely N-dealkylation sites (N-methyl/N-ethyl adjacent to an activating group) is 1. The maximum atomic E-state index is 12.3. The van der Waals surface area contributed by atoms with Gasteiger partial charge in [-0.15, -0.1) is 0 Å². The van der Waals surface area contributed by atoms with Crippen LogP contribution in [-0.2, 0) is 4.79 Å². The van der Waals surface area contributed by atoms with Gasteiger partial charge in [0.05, 0.1) is 12.7 Å². The fourth-order valence-electron chi connectivity index (χ4n) is 2.86. The molecule has 2 rings (SSSR count). The molecule has 1 aromatic rings. The molecule has 0 atom stereocenters. The second-order valence-corrected chi connectivity index (χ2v) is 5.85. The number of carbonyl (C=O) groups is 1. The minimum Gasteiger partial charge on any atom is -0.317 e. The van der Waals surface area contributed by atoms with E-state index in [1.54, 1.807) is 6.20 Å². The lowest BCUT2D eigenvalue weighted by Gasteiger charge is -2.33. The van der Waals surface area contributed by atoms with Crippen LogP contribution in [0.15, 0.2) is 12.3 Å². The summed E-state index contributed by atoms with van der Waals surface area (Å²) < 4.78 is 1.83. The van der Waals surface area contributed by atoms with Crippen LogP contribution in [0.4, 0.5) is 5.82 Å². The van der Waals surface area contributed by atoms with E-state index in [1.807, 2.05) is 10.7 Å². The molecule has 6 nitrogen and oxygen atoms in total. The molecule has 0 aromatic carbocycles. The summed E-state index contributed by atoms with van der Waals surface area (Å²) in [6, 6.07) is 2.60. The van der Waals surface area contributed by atoms with Crippen molar-refractivity contribution in [2.75, 3.05) is 31.5 Å². The SMILES string of the molecule is CCN(CC(=O)Nc1ccnn1C(C)C)C1CCNCC1. The molecule has 6 heteroatoms. The number of hydrogen-bond acceptors (Lipinski definition) is 4. The second-order valence-electron chi connectivity index (χ2n) is 5.85. The van der Waals surface area contributed by atoms with Crippen molar-refractivity contribution in [2.24, 2.45) is 0 Å². The maximum Gasteiger partial charge on any atom is 0.239 e. The molecular weight excluding hydrogens is 266 g/mol. The maximum absolute atomic E-state index is 12.3. The zero-order chi connectivity index (χ0) is 15.2. The van der Waals surface area contributed by atoms with Gasteiger partial charge in [-0.05, 0) is 46.3 Å². The number of rotatable bonds is 6. The highest BCUT2D eigenvalue weighted by Gasteiger charge is 2.22. The molecule has 0 radical (unpaired) electrons. The second kappa shape index (κ2) is 7.56. The van der Waals surface area contributed by atoms with Crippen LogP contribution >= 0.6 is 0 Å². The highest BCUT2D eigenvalue weighted by atomic mass is 16.2. The zero-order valence-corrected chi connectivity index (χ0v) is 13.3. The van der Waals surface area contributed by atoms with Crippen LogP contribution in [-0.4, -0.2) is 52.8 Å². The molecule has 1 fully saturated rings. The number of aromatic nitrogens is 2. The predicted molar refractivity (Wildman–Crippen MR) is 84.4 cm³/mol. The van der Waals surface area contributed by atoms with Gasteiger partial charge in [0.15, 0.2) is 0 Å². The Bertz CT molecular complexity index is 451. The Labute approximate surface area is 126 Å². The van der Waals surface area contributed by atoms with Crippen molar-refractivity contribution in [1.29, 1.82) is 0 Å². The average Bonchev–Trinajstić information content (AvgIpc) is 2.94. The molecule has 0 saturated carbocycles. The lowest BCUT2D eigenvalue weighted by molar-refractivity contribution is -0.118. The Morgan fingerprint density at radius 1 is 1.52 bits per heavy atom. The summed E-state index contributed by atoms with van der Waals surface area (Å²) in [7, 11) is 0. The van der Waals surface area contributed by atoms with E-state index < -0.39 is 0 Å². The summed E-state index contributed by atoms with van der Waals surface area (Å²) in [4.78, 5) is 14.6. The summed E-state index contributed by atoms with van der Waals surface area (Å²) in [6.07, 6.45) is 3.95. The normalized spacial score (nSPS) is 16.6. The Morgan fingerprint density at radius 3 is 2.86 bits per heavy atom. The lowest BCUT2D eigenvalue weighted by atomic mass is 10.0. The summed E-state index contributed by atoms with van der Waals surface area (Å²) >= 11 is 0. The summed E-state index contributed by atoms with van der Waals surface area (Å²) in [6.45, 7) is 9.66. The largest absolute Gasteiger partial charge is 0.317 e. The van der Waals surface area contributed by atoms with E-state index in [2.05, 4.69) is 41.4 Å². The third-order valence-corrected chi connectivity index (χ3v) is 4.00. The average molecular weight is 293 g/mol. The summed E-state index contributed by atoms with van der Waals surface area (Å²) in [5.74, 6) is 0.814. The predicted octanol–water partition coefficient (Wildman–Crippen LogP) is 1.48. The number of piperidine rings is 1. The van der Waals surface area contributed by atoms with Crippen LogP contribution in [0.1, 0.15) is 39.7 Å². The number of hydrogen-bond donors (Lipinski definition) is 2. The molecule has 1 aliphatic rings. The van der Waals surface area contributed by atoms with E-state index in [4.69, 9.17) is 0 Å². The van der Waals surface area contributed by atoms with Gasteiger partial charge in [-0.3, -0.25) is 9.69 Å². The third kappa shape index (κ3) is 4.28.